The Kier molecular flexibility index (Phi) is 4.56. The van der Waals surface area contributed by atoms with Gasteiger partial charge in [-0.05, 0) is 18.4 Å². The van der Waals surface area contributed by atoms with Gasteiger partial charge in [-0.25, -0.2) is 0 Å². The maximum atomic E-state index is 12.0. The number of carboxylic acids is 1. The molecule has 4 nitrogen and oxygen atoms in total. The van der Waals surface area contributed by atoms with Crippen LogP contribution in [0.15, 0.2) is 43.0 Å². The molecule has 0 spiro atoms. The topological polar surface area (TPSA) is 66.4 Å². The lowest BCUT2D eigenvalue weighted by Gasteiger charge is -2.33. The van der Waals surface area contributed by atoms with Crippen molar-refractivity contribution in [1.82, 2.24) is 5.32 Å². The highest BCUT2D eigenvalue weighted by molar-refractivity contribution is 5.78. The molecule has 0 aliphatic heterocycles. The van der Waals surface area contributed by atoms with E-state index in [0.717, 1.165) is 5.56 Å². The standard InChI is InChI=1S/C16H19NO3/c1-2-11(12-6-4-3-5-7-12)10-15(18)17-14-8-13(9-14)16(19)20/h2-7,11,13-14H,1,8-10H2,(H,17,18)(H,19,20). The van der Waals surface area contributed by atoms with Crippen LogP contribution in [0.5, 0.6) is 0 Å². The molecule has 0 radical (unpaired) electrons. The monoisotopic (exact) mass is 273 g/mol. The Morgan fingerprint density at radius 3 is 2.55 bits per heavy atom. The number of carboxylic acid groups (broad SMARTS) is 1. The fraction of sp³-hybridized carbons (Fsp3) is 0.375. The highest BCUT2D eigenvalue weighted by Gasteiger charge is 2.35. The minimum Gasteiger partial charge on any atom is -0.481 e. The van der Waals surface area contributed by atoms with Crippen molar-refractivity contribution in [2.45, 2.75) is 31.2 Å². The van der Waals surface area contributed by atoms with Crippen LogP contribution in [-0.4, -0.2) is 23.0 Å². The van der Waals surface area contributed by atoms with Gasteiger partial charge in [-0.2, -0.15) is 0 Å². The molecule has 0 bridgehead atoms. The van der Waals surface area contributed by atoms with Gasteiger partial charge in [-0.3, -0.25) is 9.59 Å². The minimum absolute atomic E-state index is 0.00448. The van der Waals surface area contributed by atoms with Gasteiger partial charge in [-0.15, -0.1) is 6.58 Å². The molecule has 106 valence electrons. The van der Waals surface area contributed by atoms with Crippen molar-refractivity contribution >= 4 is 11.9 Å². The van der Waals surface area contributed by atoms with Crippen molar-refractivity contribution < 1.29 is 14.7 Å². The van der Waals surface area contributed by atoms with Gasteiger partial charge in [0, 0.05) is 18.4 Å². The second-order valence-electron chi connectivity index (χ2n) is 5.23. The quantitative estimate of drug-likeness (QED) is 0.782. The highest BCUT2D eigenvalue weighted by Crippen LogP contribution is 2.28. The van der Waals surface area contributed by atoms with Crippen LogP contribution in [0.25, 0.3) is 0 Å². The van der Waals surface area contributed by atoms with Crippen LogP contribution in [-0.2, 0) is 9.59 Å². The summed E-state index contributed by atoms with van der Waals surface area (Å²) in [6, 6.07) is 9.77. The first-order chi connectivity index (χ1) is 9.60. The summed E-state index contributed by atoms with van der Waals surface area (Å²) < 4.78 is 0. The van der Waals surface area contributed by atoms with Crippen molar-refractivity contribution in [2.75, 3.05) is 0 Å². The number of hydrogen-bond acceptors (Lipinski definition) is 2. The molecular weight excluding hydrogens is 254 g/mol. The van der Waals surface area contributed by atoms with Crippen LogP contribution in [0.3, 0.4) is 0 Å². The van der Waals surface area contributed by atoms with Gasteiger partial charge in [0.25, 0.3) is 0 Å². The molecule has 20 heavy (non-hydrogen) atoms. The number of benzene rings is 1. The van der Waals surface area contributed by atoms with Gasteiger partial charge in [0.15, 0.2) is 0 Å². The van der Waals surface area contributed by atoms with Crippen LogP contribution in [0.1, 0.15) is 30.7 Å². The fourth-order valence-electron chi connectivity index (χ4n) is 2.46. The third-order valence-electron chi connectivity index (χ3n) is 3.77. The van der Waals surface area contributed by atoms with Crippen LogP contribution in [0, 0.1) is 5.92 Å². The molecule has 1 aromatic rings. The maximum Gasteiger partial charge on any atom is 0.306 e. The van der Waals surface area contributed by atoms with Gasteiger partial charge in [-0.1, -0.05) is 36.4 Å². The molecule has 2 N–H and O–H groups in total. The third kappa shape index (κ3) is 3.47. The first kappa shape index (κ1) is 14.3. The lowest BCUT2D eigenvalue weighted by Crippen LogP contribution is -2.46. The zero-order valence-electron chi connectivity index (χ0n) is 11.3. The van der Waals surface area contributed by atoms with Gasteiger partial charge >= 0.3 is 5.97 Å². The Labute approximate surface area is 118 Å². The Bertz CT molecular complexity index is 492. The van der Waals surface area contributed by atoms with E-state index in [1.165, 1.54) is 0 Å². The van der Waals surface area contributed by atoms with Crippen LogP contribution < -0.4 is 5.32 Å². The van der Waals surface area contributed by atoms with E-state index in [0.29, 0.717) is 19.3 Å². The Balaban J connectivity index is 1.82. The second kappa shape index (κ2) is 6.37. The smallest absolute Gasteiger partial charge is 0.306 e. The molecule has 1 aliphatic rings. The summed E-state index contributed by atoms with van der Waals surface area (Å²) in [5, 5.41) is 11.7. The molecule has 0 saturated heterocycles. The predicted molar refractivity (Wildman–Crippen MR) is 76.3 cm³/mol. The van der Waals surface area contributed by atoms with Crippen molar-refractivity contribution in [2.24, 2.45) is 5.92 Å². The molecule has 1 fully saturated rings. The zero-order chi connectivity index (χ0) is 14.5. The third-order valence-corrected chi connectivity index (χ3v) is 3.77. The van der Waals surface area contributed by atoms with Crippen LogP contribution >= 0.6 is 0 Å². The van der Waals surface area contributed by atoms with E-state index in [1.54, 1.807) is 6.08 Å². The number of hydrogen-bond donors (Lipinski definition) is 2. The summed E-state index contributed by atoms with van der Waals surface area (Å²) >= 11 is 0. The van der Waals surface area contributed by atoms with E-state index in [9.17, 15) is 9.59 Å². The molecule has 2 rings (SSSR count). The van der Waals surface area contributed by atoms with Crippen molar-refractivity contribution in [1.29, 1.82) is 0 Å². The van der Waals surface area contributed by atoms with E-state index in [-0.39, 0.29) is 23.8 Å². The van der Waals surface area contributed by atoms with Crippen molar-refractivity contribution in [3.05, 3.63) is 48.6 Å². The largest absolute Gasteiger partial charge is 0.481 e. The van der Waals surface area contributed by atoms with Crippen LogP contribution in [0.2, 0.25) is 0 Å². The summed E-state index contributed by atoms with van der Waals surface area (Å²) in [7, 11) is 0. The van der Waals surface area contributed by atoms with Gasteiger partial charge < -0.3 is 10.4 Å². The fourth-order valence-corrected chi connectivity index (χ4v) is 2.46. The number of carbonyl (C=O) groups is 2. The maximum absolute atomic E-state index is 12.0. The van der Waals surface area contributed by atoms with E-state index in [4.69, 9.17) is 5.11 Å². The Hall–Kier alpha value is -2.10. The molecule has 0 aromatic heterocycles. The predicted octanol–water partition coefficient (Wildman–Crippen LogP) is 2.33. The SMILES string of the molecule is C=CC(CC(=O)NC1CC(C(=O)O)C1)c1ccccc1. The van der Waals surface area contributed by atoms with Crippen LogP contribution in [0.4, 0.5) is 0 Å². The number of carbonyl (C=O) groups excluding carboxylic acids is 1. The van der Waals surface area contributed by atoms with E-state index < -0.39 is 5.97 Å². The first-order valence-corrected chi connectivity index (χ1v) is 6.79. The molecule has 1 amide bonds. The normalized spacial score (nSPS) is 22.4. The highest BCUT2D eigenvalue weighted by atomic mass is 16.4. The van der Waals surface area contributed by atoms with Crippen molar-refractivity contribution in [3.63, 3.8) is 0 Å². The summed E-state index contributed by atoms with van der Waals surface area (Å²) in [6.45, 7) is 3.78. The zero-order valence-corrected chi connectivity index (χ0v) is 11.3. The second-order valence-corrected chi connectivity index (χ2v) is 5.23. The summed E-state index contributed by atoms with van der Waals surface area (Å²) in [6.07, 6.45) is 3.19. The molecular formula is C16H19NO3. The van der Waals surface area contributed by atoms with E-state index in [2.05, 4.69) is 11.9 Å². The molecule has 0 heterocycles. The number of rotatable bonds is 6. The molecule has 1 aromatic carbocycles. The molecule has 4 heteroatoms. The minimum atomic E-state index is -0.774. The van der Waals surface area contributed by atoms with E-state index in [1.807, 2.05) is 30.3 Å². The number of nitrogens with one attached hydrogen (secondary N) is 1. The Morgan fingerprint density at radius 1 is 1.35 bits per heavy atom. The molecule has 1 aliphatic carbocycles. The number of allylic oxidation sites excluding steroid dienone is 1. The first-order valence-electron chi connectivity index (χ1n) is 6.79. The molecule has 1 unspecified atom stereocenters. The van der Waals surface area contributed by atoms with Crippen molar-refractivity contribution in [3.8, 4) is 0 Å². The molecule has 1 atom stereocenters. The average molecular weight is 273 g/mol. The summed E-state index contributed by atoms with van der Waals surface area (Å²) in [5.74, 6) is -1.13. The number of amides is 1. The van der Waals surface area contributed by atoms with Gasteiger partial charge in [0.05, 0.1) is 5.92 Å². The van der Waals surface area contributed by atoms with E-state index >= 15 is 0 Å². The van der Waals surface area contributed by atoms with Gasteiger partial charge in [0.2, 0.25) is 5.91 Å². The molecule has 1 saturated carbocycles. The lowest BCUT2D eigenvalue weighted by molar-refractivity contribution is -0.146. The summed E-state index contributed by atoms with van der Waals surface area (Å²) in [5.41, 5.74) is 1.06. The average Bonchev–Trinajstić information content (AvgIpc) is 2.40. The van der Waals surface area contributed by atoms with Gasteiger partial charge in [0.1, 0.15) is 0 Å². The number of aliphatic carboxylic acids is 1. The summed E-state index contributed by atoms with van der Waals surface area (Å²) in [4.78, 5) is 22.7. The lowest BCUT2D eigenvalue weighted by atomic mass is 9.80. The Morgan fingerprint density at radius 2 is 2.00 bits per heavy atom.